The van der Waals surface area contributed by atoms with Crippen molar-refractivity contribution in [2.75, 3.05) is 0 Å². The van der Waals surface area contributed by atoms with E-state index >= 15 is 0 Å². The molecule has 1 aliphatic carbocycles. The molecule has 16 heavy (non-hydrogen) atoms. The van der Waals surface area contributed by atoms with Crippen LogP contribution in [-0.4, -0.2) is 15.3 Å². The average Bonchev–Trinajstić information content (AvgIpc) is 2.79. The minimum absolute atomic E-state index is 0.269. The van der Waals surface area contributed by atoms with Gasteiger partial charge in [0.05, 0.1) is 0 Å². The molecular weight excluding hydrogens is 206 g/mol. The van der Waals surface area contributed by atoms with Crippen molar-refractivity contribution in [3.8, 4) is 17.2 Å². The Morgan fingerprint density at radius 3 is 2.31 bits per heavy atom. The molecule has 2 rings (SSSR count). The summed E-state index contributed by atoms with van der Waals surface area (Å²) in [6.07, 6.45) is 4.46. The molecule has 0 aromatic heterocycles. The molecule has 0 radical (unpaired) electrons. The molecule has 0 aliphatic heterocycles. The summed E-state index contributed by atoms with van der Waals surface area (Å²) in [5.41, 5.74) is 6.58. The van der Waals surface area contributed by atoms with Crippen LogP contribution in [0.1, 0.15) is 37.3 Å². The first kappa shape index (κ1) is 11.1. The summed E-state index contributed by atoms with van der Waals surface area (Å²) >= 11 is 0. The smallest absolute Gasteiger partial charge is 0.200 e. The summed E-state index contributed by atoms with van der Waals surface area (Å²) < 4.78 is 0. The lowest BCUT2D eigenvalue weighted by Crippen LogP contribution is -2.19. The van der Waals surface area contributed by atoms with E-state index in [2.05, 4.69) is 0 Å². The Morgan fingerprint density at radius 2 is 1.69 bits per heavy atom. The predicted octanol–water partition coefficient (Wildman–Crippen LogP) is 1.99. The van der Waals surface area contributed by atoms with Crippen molar-refractivity contribution in [1.82, 2.24) is 0 Å². The van der Waals surface area contributed by atoms with Gasteiger partial charge in [0.1, 0.15) is 0 Å². The van der Waals surface area contributed by atoms with E-state index in [4.69, 9.17) is 5.73 Å². The molecule has 1 atom stereocenters. The van der Waals surface area contributed by atoms with Crippen molar-refractivity contribution in [1.29, 1.82) is 0 Å². The monoisotopic (exact) mass is 223 g/mol. The molecule has 1 aromatic carbocycles. The van der Waals surface area contributed by atoms with Crippen LogP contribution in [0.2, 0.25) is 0 Å². The van der Waals surface area contributed by atoms with Crippen molar-refractivity contribution < 1.29 is 15.3 Å². The van der Waals surface area contributed by atoms with Gasteiger partial charge in [-0.05, 0) is 30.9 Å². The standard InChI is InChI=1S/C12H17NO3/c13-10(7-3-1-2-4-7)8-5-6-9(14)12(16)11(8)15/h5-7,10,14-16H,1-4,13H2/t10-/m1/s1. The van der Waals surface area contributed by atoms with Crippen LogP contribution in [0.4, 0.5) is 0 Å². The van der Waals surface area contributed by atoms with Crippen LogP contribution in [0.25, 0.3) is 0 Å². The van der Waals surface area contributed by atoms with Gasteiger partial charge < -0.3 is 21.1 Å². The predicted molar refractivity (Wildman–Crippen MR) is 60.3 cm³/mol. The van der Waals surface area contributed by atoms with Crippen LogP contribution < -0.4 is 5.73 Å². The molecule has 88 valence electrons. The maximum Gasteiger partial charge on any atom is 0.200 e. The van der Waals surface area contributed by atoms with Crippen LogP contribution in [0, 0.1) is 5.92 Å². The molecule has 0 spiro atoms. The van der Waals surface area contributed by atoms with Crippen LogP contribution in [0.3, 0.4) is 0 Å². The number of nitrogens with two attached hydrogens (primary N) is 1. The maximum atomic E-state index is 9.72. The Bertz CT molecular complexity index is 386. The highest BCUT2D eigenvalue weighted by atomic mass is 16.3. The van der Waals surface area contributed by atoms with Crippen LogP contribution in [-0.2, 0) is 0 Å². The van der Waals surface area contributed by atoms with Gasteiger partial charge in [-0.3, -0.25) is 0 Å². The van der Waals surface area contributed by atoms with E-state index in [1.54, 1.807) is 6.07 Å². The first-order valence-corrected chi connectivity index (χ1v) is 5.60. The summed E-state index contributed by atoms with van der Waals surface area (Å²) in [6, 6.07) is 2.67. The molecule has 5 N–H and O–H groups in total. The molecule has 0 heterocycles. The topological polar surface area (TPSA) is 86.7 Å². The molecule has 0 bridgehead atoms. The number of hydrogen-bond acceptors (Lipinski definition) is 4. The normalized spacial score (nSPS) is 18.8. The van der Waals surface area contributed by atoms with Gasteiger partial charge in [-0.1, -0.05) is 12.8 Å². The quantitative estimate of drug-likeness (QED) is 0.577. The van der Waals surface area contributed by atoms with Crippen molar-refractivity contribution in [2.45, 2.75) is 31.7 Å². The number of rotatable bonds is 2. The van der Waals surface area contributed by atoms with E-state index in [9.17, 15) is 15.3 Å². The lowest BCUT2D eigenvalue weighted by Gasteiger charge is -2.20. The van der Waals surface area contributed by atoms with Crippen molar-refractivity contribution in [2.24, 2.45) is 11.7 Å². The zero-order chi connectivity index (χ0) is 11.7. The second-order valence-corrected chi connectivity index (χ2v) is 4.44. The zero-order valence-electron chi connectivity index (χ0n) is 9.06. The SMILES string of the molecule is N[C@@H](c1ccc(O)c(O)c1O)C1CCCC1. The molecule has 1 aromatic rings. The Morgan fingerprint density at radius 1 is 1.06 bits per heavy atom. The molecule has 4 nitrogen and oxygen atoms in total. The maximum absolute atomic E-state index is 9.72. The highest BCUT2D eigenvalue weighted by molar-refractivity contribution is 5.54. The molecule has 0 amide bonds. The van der Waals surface area contributed by atoms with Crippen molar-refractivity contribution in [3.05, 3.63) is 17.7 Å². The largest absolute Gasteiger partial charge is 0.504 e. The fourth-order valence-corrected chi connectivity index (χ4v) is 2.42. The third-order valence-electron chi connectivity index (χ3n) is 3.43. The molecule has 0 unspecified atom stereocenters. The van der Waals surface area contributed by atoms with Crippen LogP contribution in [0.15, 0.2) is 12.1 Å². The fraction of sp³-hybridized carbons (Fsp3) is 0.500. The van der Waals surface area contributed by atoms with E-state index < -0.39 is 5.75 Å². The van der Waals surface area contributed by atoms with Gasteiger partial charge in [0.25, 0.3) is 0 Å². The minimum atomic E-state index is -0.481. The second kappa shape index (κ2) is 4.22. The van der Waals surface area contributed by atoms with Gasteiger partial charge in [0, 0.05) is 11.6 Å². The van der Waals surface area contributed by atoms with Gasteiger partial charge in [-0.2, -0.15) is 0 Å². The minimum Gasteiger partial charge on any atom is -0.504 e. The van der Waals surface area contributed by atoms with Crippen LogP contribution >= 0.6 is 0 Å². The van der Waals surface area contributed by atoms with E-state index in [1.165, 1.54) is 18.9 Å². The summed E-state index contributed by atoms with van der Waals surface area (Å²) in [4.78, 5) is 0. The Kier molecular flexibility index (Phi) is 2.92. The highest BCUT2D eigenvalue weighted by Crippen LogP contribution is 2.43. The van der Waals surface area contributed by atoms with E-state index in [0.717, 1.165) is 12.8 Å². The van der Waals surface area contributed by atoms with E-state index in [0.29, 0.717) is 11.5 Å². The van der Waals surface area contributed by atoms with Gasteiger partial charge in [-0.15, -0.1) is 0 Å². The first-order chi connectivity index (χ1) is 7.61. The molecule has 0 saturated heterocycles. The highest BCUT2D eigenvalue weighted by Gasteiger charge is 2.26. The third-order valence-corrected chi connectivity index (χ3v) is 3.43. The molecule has 1 aliphatic rings. The Hall–Kier alpha value is -1.42. The lowest BCUT2D eigenvalue weighted by atomic mass is 9.91. The van der Waals surface area contributed by atoms with Crippen molar-refractivity contribution in [3.63, 3.8) is 0 Å². The van der Waals surface area contributed by atoms with Crippen molar-refractivity contribution >= 4 is 0 Å². The summed E-state index contributed by atoms with van der Waals surface area (Å²) in [6.45, 7) is 0. The summed E-state index contributed by atoms with van der Waals surface area (Å²) in [5, 5.41) is 28.4. The van der Waals surface area contributed by atoms with Gasteiger partial charge in [0.15, 0.2) is 11.5 Å². The molecule has 4 heteroatoms. The number of phenols is 3. The molecule has 1 saturated carbocycles. The summed E-state index contributed by atoms with van der Waals surface area (Å²) in [7, 11) is 0. The molecule has 1 fully saturated rings. The zero-order valence-corrected chi connectivity index (χ0v) is 9.06. The lowest BCUT2D eigenvalue weighted by molar-refractivity contribution is 0.354. The van der Waals surface area contributed by atoms with E-state index in [1.807, 2.05) is 0 Å². The number of hydrogen-bond donors (Lipinski definition) is 4. The van der Waals surface area contributed by atoms with E-state index in [-0.39, 0.29) is 17.5 Å². The fourth-order valence-electron chi connectivity index (χ4n) is 2.42. The number of benzene rings is 1. The summed E-state index contributed by atoms with van der Waals surface area (Å²) in [5.74, 6) is -0.736. The average molecular weight is 223 g/mol. The first-order valence-electron chi connectivity index (χ1n) is 5.60. The van der Waals surface area contributed by atoms with Gasteiger partial charge in [-0.25, -0.2) is 0 Å². The number of aromatic hydroxyl groups is 3. The number of phenolic OH excluding ortho intramolecular Hbond substituents is 3. The second-order valence-electron chi connectivity index (χ2n) is 4.44. The molecular formula is C12H17NO3. The Balaban J connectivity index is 2.29. The van der Waals surface area contributed by atoms with Crippen LogP contribution in [0.5, 0.6) is 17.2 Å². The van der Waals surface area contributed by atoms with Gasteiger partial charge in [0.2, 0.25) is 5.75 Å². The third kappa shape index (κ3) is 1.80. The Labute approximate surface area is 94.3 Å². The van der Waals surface area contributed by atoms with Gasteiger partial charge >= 0.3 is 0 Å².